The summed E-state index contributed by atoms with van der Waals surface area (Å²) < 4.78 is 1.83. The number of anilines is 1. The van der Waals surface area contributed by atoms with Crippen molar-refractivity contribution in [3.8, 4) is 11.1 Å². The average Bonchev–Trinajstić information content (AvgIpc) is 3.44. The highest BCUT2D eigenvalue weighted by Gasteiger charge is 2.33. The van der Waals surface area contributed by atoms with E-state index in [-0.39, 0.29) is 23.8 Å². The zero-order valence-corrected chi connectivity index (χ0v) is 20.5. The maximum Gasteiger partial charge on any atom is 0.270 e. The summed E-state index contributed by atoms with van der Waals surface area (Å²) in [5, 5.41) is 17.8. The number of rotatable bonds is 7. The quantitative estimate of drug-likeness (QED) is 0.451. The average molecular weight is 475 g/mol. The summed E-state index contributed by atoms with van der Waals surface area (Å²) in [7, 11) is 0. The molecule has 0 saturated heterocycles. The zero-order chi connectivity index (χ0) is 24.4. The van der Waals surface area contributed by atoms with Gasteiger partial charge in [0.15, 0.2) is 0 Å². The van der Waals surface area contributed by atoms with Crippen LogP contribution in [0, 0.1) is 19.8 Å². The van der Waals surface area contributed by atoms with Crippen LogP contribution in [0.25, 0.3) is 11.1 Å². The SMILES string of the molecule is Cc1n[nH]c(C)c1-c1ccc(NC(=O)C(NC(=O)c2ccnn2C2CCC2)C2CCCCC2)cc1. The van der Waals surface area contributed by atoms with E-state index >= 15 is 0 Å². The summed E-state index contributed by atoms with van der Waals surface area (Å²) in [5.41, 5.74) is 5.35. The van der Waals surface area contributed by atoms with Crippen LogP contribution in [0.5, 0.6) is 0 Å². The predicted octanol–water partition coefficient (Wildman–Crippen LogP) is 4.93. The summed E-state index contributed by atoms with van der Waals surface area (Å²) in [6, 6.07) is 9.26. The van der Waals surface area contributed by atoms with Crippen LogP contribution < -0.4 is 10.6 Å². The first-order valence-corrected chi connectivity index (χ1v) is 12.8. The Morgan fingerprint density at radius 1 is 1.00 bits per heavy atom. The van der Waals surface area contributed by atoms with Crippen LogP contribution in [0.4, 0.5) is 5.69 Å². The molecule has 2 aliphatic carbocycles. The third kappa shape index (κ3) is 4.88. The minimum absolute atomic E-state index is 0.128. The Morgan fingerprint density at radius 3 is 2.37 bits per heavy atom. The van der Waals surface area contributed by atoms with Crippen molar-refractivity contribution in [3.63, 3.8) is 0 Å². The summed E-state index contributed by atoms with van der Waals surface area (Å²) in [5.74, 6) is -0.256. The maximum atomic E-state index is 13.5. The van der Waals surface area contributed by atoms with Gasteiger partial charge in [0, 0.05) is 23.1 Å². The molecular weight excluding hydrogens is 440 g/mol. The molecule has 0 radical (unpaired) electrons. The van der Waals surface area contributed by atoms with Crippen molar-refractivity contribution in [1.29, 1.82) is 0 Å². The molecule has 1 unspecified atom stereocenters. The van der Waals surface area contributed by atoms with Crippen molar-refractivity contribution >= 4 is 17.5 Å². The van der Waals surface area contributed by atoms with Gasteiger partial charge in [-0.1, -0.05) is 31.4 Å². The number of H-pyrrole nitrogens is 1. The number of amides is 2. The molecule has 1 atom stereocenters. The summed E-state index contributed by atoms with van der Waals surface area (Å²) in [6.07, 6.45) is 10.2. The Bertz CT molecular complexity index is 1170. The number of nitrogens with zero attached hydrogens (tertiary/aromatic N) is 3. The lowest BCUT2D eigenvalue weighted by atomic mass is 9.83. The summed E-state index contributed by atoms with van der Waals surface area (Å²) >= 11 is 0. The number of hydrogen-bond acceptors (Lipinski definition) is 4. The topological polar surface area (TPSA) is 105 Å². The molecule has 184 valence electrons. The van der Waals surface area contributed by atoms with Crippen molar-refractivity contribution in [2.45, 2.75) is 77.3 Å². The maximum absolute atomic E-state index is 13.5. The predicted molar refractivity (Wildman–Crippen MR) is 135 cm³/mol. The molecule has 5 rings (SSSR count). The Hall–Kier alpha value is -3.42. The van der Waals surface area contributed by atoms with Gasteiger partial charge in [-0.15, -0.1) is 0 Å². The highest BCUT2D eigenvalue weighted by molar-refractivity contribution is 6.00. The van der Waals surface area contributed by atoms with Gasteiger partial charge in [-0.25, -0.2) is 0 Å². The molecule has 0 aliphatic heterocycles. The number of aromatic amines is 1. The number of nitrogens with one attached hydrogen (secondary N) is 3. The van der Waals surface area contributed by atoms with Gasteiger partial charge in [-0.05, 0) is 75.6 Å². The number of aromatic nitrogens is 4. The fraction of sp³-hybridized carbons (Fsp3) is 0.481. The van der Waals surface area contributed by atoms with Gasteiger partial charge in [0.05, 0.1) is 11.7 Å². The molecule has 35 heavy (non-hydrogen) atoms. The minimum atomic E-state index is -0.578. The van der Waals surface area contributed by atoms with E-state index in [1.54, 1.807) is 12.3 Å². The van der Waals surface area contributed by atoms with Crippen LogP contribution in [0.15, 0.2) is 36.5 Å². The number of benzene rings is 1. The van der Waals surface area contributed by atoms with E-state index in [0.29, 0.717) is 11.4 Å². The van der Waals surface area contributed by atoms with Gasteiger partial charge in [-0.2, -0.15) is 10.2 Å². The number of carbonyl (C=O) groups excluding carboxylic acids is 2. The molecule has 2 aliphatic rings. The second-order valence-electron chi connectivity index (χ2n) is 9.97. The smallest absolute Gasteiger partial charge is 0.270 e. The minimum Gasteiger partial charge on any atom is -0.339 e. The Kier molecular flexibility index (Phi) is 6.70. The highest BCUT2D eigenvalue weighted by Crippen LogP contribution is 2.32. The molecule has 8 nitrogen and oxygen atoms in total. The Labute approximate surface area is 205 Å². The molecule has 3 aromatic rings. The van der Waals surface area contributed by atoms with E-state index < -0.39 is 6.04 Å². The van der Waals surface area contributed by atoms with Gasteiger partial charge >= 0.3 is 0 Å². The fourth-order valence-electron chi connectivity index (χ4n) is 5.41. The molecule has 2 amide bonds. The van der Waals surface area contributed by atoms with E-state index in [2.05, 4.69) is 25.9 Å². The largest absolute Gasteiger partial charge is 0.339 e. The monoisotopic (exact) mass is 474 g/mol. The third-order valence-corrected chi connectivity index (χ3v) is 7.58. The van der Waals surface area contributed by atoms with E-state index in [1.165, 1.54) is 6.42 Å². The molecule has 3 N–H and O–H groups in total. The molecule has 2 heterocycles. The van der Waals surface area contributed by atoms with Gasteiger partial charge in [-0.3, -0.25) is 19.4 Å². The summed E-state index contributed by atoms with van der Waals surface area (Å²) in [4.78, 5) is 26.7. The number of aryl methyl sites for hydroxylation is 2. The summed E-state index contributed by atoms with van der Waals surface area (Å²) in [6.45, 7) is 3.97. The van der Waals surface area contributed by atoms with Crippen LogP contribution >= 0.6 is 0 Å². The van der Waals surface area contributed by atoms with Crippen molar-refractivity contribution in [1.82, 2.24) is 25.3 Å². The van der Waals surface area contributed by atoms with Crippen LogP contribution in [0.3, 0.4) is 0 Å². The first-order valence-electron chi connectivity index (χ1n) is 12.8. The van der Waals surface area contributed by atoms with E-state index in [4.69, 9.17) is 0 Å². The highest BCUT2D eigenvalue weighted by atomic mass is 16.2. The van der Waals surface area contributed by atoms with E-state index in [1.807, 2.05) is 42.8 Å². The lowest BCUT2D eigenvalue weighted by Gasteiger charge is -2.31. The van der Waals surface area contributed by atoms with Crippen molar-refractivity contribution in [2.24, 2.45) is 5.92 Å². The molecule has 8 heteroatoms. The van der Waals surface area contributed by atoms with E-state index in [9.17, 15) is 9.59 Å². The van der Waals surface area contributed by atoms with Gasteiger partial charge in [0.2, 0.25) is 5.91 Å². The normalized spacial score (nSPS) is 17.5. The van der Waals surface area contributed by atoms with Crippen molar-refractivity contribution in [3.05, 3.63) is 53.6 Å². The third-order valence-electron chi connectivity index (χ3n) is 7.58. The zero-order valence-electron chi connectivity index (χ0n) is 20.5. The number of hydrogen-bond donors (Lipinski definition) is 3. The first-order chi connectivity index (χ1) is 17.0. The van der Waals surface area contributed by atoms with E-state index in [0.717, 1.165) is 67.5 Å². The molecule has 2 saturated carbocycles. The first kappa shape index (κ1) is 23.3. The molecular formula is C27H34N6O2. The fourth-order valence-corrected chi connectivity index (χ4v) is 5.41. The molecule has 0 spiro atoms. The standard InChI is InChI=1S/C27H34N6O2/c1-17-24(18(2)32-31-17)19-11-13-21(14-12-19)29-27(35)25(20-7-4-3-5-8-20)30-26(34)23-15-16-28-33(23)22-9-6-10-22/h11-16,20,22,25H,3-10H2,1-2H3,(H,29,35)(H,30,34)(H,31,32). The number of carbonyl (C=O) groups is 2. The lowest BCUT2D eigenvalue weighted by Crippen LogP contribution is -2.49. The van der Waals surface area contributed by atoms with Gasteiger partial charge < -0.3 is 10.6 Å². The molecule has 1 aromatic carbocycles. The van der Waals surface area contributed by atoms with Gasteiger partial charge in [0.1, 0.15) is 11.7 Å². The van der Waals surface area contributed by atoms with Crippen LogP contribution in [0.2, 0.25) is 0 Å². The van der Waals surface area contributed by atoms with Crippen LogP contribution in [0.1, 0.15) is 79.3 Å². The Morgan fingerprint density at radius 2 is 1.74 bits per heavy atom. The lowest BCUT2D eigenvalue weighted by molar-refractivity contribution is -0.119. The van der Waals surface area contributed by atoms with Crippen LogP contribution in [-0.4, -0.2) is 37.8 Å². The van der Waals surface area contributed by atoms with Crippen molar-refractivity contribution in [2.75, 3.05) is 5.32 Å². The van der Waals surface area contributed by atoms with Crippen molar-refractivity contribution < 1.29 is 9.59 Å². The molecule has 2 fully saturated rings. The Balaban J connectivity index is 1.32. The second-order valence-corrected chi connectivity index (χ2v) is 9.97. The second kappa shape index (κ2) is 10.1. The molecule has 2 aromatic heterocycles. The molecule has 0 bridgehead atoms. The van der Waals surface area contributed by atoms with Gasteiger partial charge in [0.25, 0.3) is 5.91 Å². The van der Waals surface area contributed by atoms with Crippen LogP contribution in [-0.2, 0) is 4.79 Å².